The third-order valence-corrected chi connectivity index (χ3v) is 5.03. The molecule has 0 aromatic heterocycles. The maximum absolute atomic E-state index is 12.3. The molecule has 0 radical (unpaired) electrons. The summed E-state index contributed by atoms with van der Waals surface area (Å²) in [5.74, 6) is 0.259. The van der Waals surface area contributed by atoms with Crippen LogP contribution in [0.2, 0.25) is 0 Å². The largest absolute Gasteiger partial charge is 0.340 e. The highest BCUT2D eigenvalue weighted by molar-refractivity contribution is 8.01. The van der Waals surface area contributed by atoms with Crippen LogP contribution in [0.4, 0.5) is 0 Å². The van der Waals surface area contributed by atoms with Gasteiger partial charge < -0.3 is 4.90 Å². The Kier molecular flexibility index (Phi) is 3.05. The lowest BCUT2D eigenvalue weighted by Gasteiger charge is -2.19. The predicted octanol–water partition coefficient (Wildman–Crippen LogP) is 2.54. The highest BCUT2D eigenvalue weighted by Crippen LogP contribution is 2.38. The van der Waals surface area contributed by atoms with E-state index in [-0.39, 0.29) is 16.5 Å². The minimum Gasteiger partial charge on any atom is -0.340 e. The van der Waals surface area contributed by atoms with E-state index in [1.807, 2.05) is 17.0 Å². The normalized spacial score (nSPS) is 27.2. The van der Waals surface area contributed by atoms with E-state index in [9.17, 15) is 4.79 Å². The van der Waals surface area contributed by atoms with E-state index in [0.717, 1.165) is 19.4 Å². The number of amides is 1. The van der Waals surface area contributed by atoms with Crippen LogP contribution in [-0.4, -0.2) is 34.5 Å². The van der Waals surface area contributed by atoms with Gasteiger partial charge in [-0.1, -0.05) is 18.2 Å². The topological polar surface area (TPSA) is 20.3 Å². The molecule has 0 aliphatic carbocycles. The molecule has 0 bridgehead atoms. The van der Waals surface area contributed by atoms with Crippen LogP contribution in [0.3, 0.4) is 0 Å². The summed E-state index contributed by atoms with van der Waals surface area (Å²) >= 11 is 7.74. The molecule has 1 saturated heterocycles. The lowest BCUT2D eigenvalue weighted by atomic mass is 10.1. The third-order valence-electron chi connectivity index (χ3n) is 3.36. The number of carbonyl (C=O) groups is 1. The summed E-state index contributed by atoms with van der Waals surface area (Å²) in [7, 11) is 0. The van der Waals surface area contributed by atoms with Gasteiger partial charge in [0.25, 0.3) is 0 Å². The Morgan fingerprint density at radius 1 is 1.41 bits per heavy atom. The van der Waals surface area contributed by atoms with E-state index in [4.69, 9.17) is 11.6 Å². The van der Waals surface area contributed by atoms with Crippen molar-refractivity contribution in [1.29, 1.82) is 0 Å². The van der Waals surface area contributed by atoms with Gasteiger partial charge in [-0.15, -0.1) is 23.4 Å². The van der Waals surface area contributed by atoms with Crippen LogP contribution in [0.1, 0.15) is 12.0 Å². The third kappa shape index (κ3) is 2.18. The summed E-state index contributed by atoms with van der Waals surface area (Å²) in [6.07, 6.45) is 1.79. The minimum atomic E-state index is 0.0642. The van der Waals surface area contributed by atoms with Gasteiger partial charge >= 0.3 is 0 Å². The number of fused-ring (bicyclic) bond motifs is 1. The van der Waals surface area contributed by atoms with Crippen molar-refractivity contribution in [3.05, 3.63) is 29.8 Å². The molecule has 2 aliphatic heterocycles. The van der Waals surface area contributed by atoms with E-state index >= 15 is 0 Å². The molecule has 17 heavy (non-hydrogen) atoms. The number of carbonyl (C=O) groups excluding carboxylic acids is 1. The molecule has 2 unspecified atom stereocenters. The Morgan fingerprint density at radius 2 is 2.24 bits per heavy atom. The van der Waals surface area contributed by atoms with Crippen molar-refractivity contribution >= 4 is 29.3 Å². The van der Waals surface area contributed by atoms with Gasteiger partial charge in [-0.05, 0) is 24.5 Å². The molecule has 0 N–H and O–H groups in total. The van der Waals surface area contributed by atoms with Gasteiger partial charge in [-0.3, -0.25) is 4.79 Å². The van der Waals surface area contributed by atoms with Gasteiger partial charge in [-0.25, -0.2) is 0 Å². The van der Waals surface area contributed by atoms with Crippen LogP contribution in [0.25, 0.3) is 0 Å². The zero-order valence-corrected chi connectivity index (χ0v) is 11.0. The first kappa shape index (κ1) is 11.4. The van der Waals surface area contributed by atoms with Crippen molar-refractivity contribution in [3.63, 3.8) is 0 Å². The first-order chi connectivity index (χ1) is 8.24. The average Bonchev–Trinajstić information content (AvgIpc) is 2.93. The molecule has 1 amide bonds. The number of halogens is 1. The monoisotopic (exact) mass is 267 g/mol. The van der Waals surface area contributed by atoms with Gasteiger partial charge in [-0.2, -0.15) is 0 Å². The van der Waals surface area contributed by atoms with Gasteiger partial charge in [0.2, 0.25) is 5.91 Å². The highest BCUT2D eigenvalue weighted by Gasteiger charge is 2.34. The molecule has 3 rings (SSSR count). The van der Waals surface area contributed by atoms with Crippen LogP contribution < -0.4 is 0 Å². The van der Waals surface area contributed by atoms with E-state index in [2.05, 4.69) is 12.1 Å². The van der Waals surface area contributed by atoms with Gasteiger partial charge in [0.15, 0.2) is 0 Å². The molecule has 1 aromatic carbocycles. The number of thioether (sulfide) groups is 1. The van der Waals surface area contributed by atoms with Gasteiger partial charge in [0.1, 0.15) is 0 Å². The summed E-state index contributed by atoms with van der Waals surface area (Å²) in [4.78, 5) is 15.5. The summed E-state index contributed by atoms with van der Waals surface area (Å²) in [6.45, 7) is 1.54. The van der Waals surface area contributed by atoms with Crippen LogP contribution in [0.15, 0.2) is 29.2 Å². The molecule has 4 heteroatoms. The standard InChI is InChI=1S/C13H14ClNOS/c14-10-5-6-15(8-10)13(16)12-7-9-3-1-2-4-11(9)17-12/h1-4,10,12H,5-8H2. The van der Waals surface area contributed by atoms with Crippen molar-refractivity contribution in [3.8, 4) is 0 Å². The molecule has 1 fully saturated rings. The van der Waals surface area contributed by atoms with Crippen LogP contribution in [0.5, 0.6) is 0 Å². The zero-order valence-electron chi connectivity index (χ0n) is 9.43. The minimum absolute atomic E-state index is 0.0642. The molecule has 0 spiro atoms. The molecule has 1 aromatic rings. The smallest absolute Gasteiger partial charge is 0.236 e. The quantitative estimate of drug-likeness (QED) is 0.729. The van der Waals surface area contributed by atoms with E-state index in [1.54, 1.807) is 11.8 Å². The Hall–Kier alpha value is -0.670. The first-order valence-electron chi connectivity index (χ1n) is 5.91. The van der Waals surface area contributed by atoms with Crippen molar-refractivity contribution in [2.75, 3.05) is 13.1 Å². The number of nitrogens with zero attached hydrogens (tertiary/aromatic N) is 1. The Morgan fingerprint density at radius 3 is 2.94 bits per heavy atom. The van der Waals surface area contributed by atoms with Gasteiger partial charge in [0, 0.05) is 18.0 Å². The van der Waals surface area contributed by atoms with Crippen LogP contribution in [0, 0.1) is 0 Å². The van der Waals surface area contributed by atoms with Gasteiger partial charge in [0.05, 0.1) is 10.6 Å². The molecule has 0 saturated carbocycles. The number of hydrogen-bond acceptors (Lipinski definition) is 2. The number of benzene rings is 1. The fourth-order valence-corrected chi connectivity index (χ4v) is 3.98. The maximum atomic E-state index is 12.3. The fourth-order valence-electron chi connectivity index (χ4n) is 2.44. The summed E-state index contributed by atoms with van der Waals surface area (Å²) < 4.78 is 0. The SMILES string of the molecule is O=C(C1Cc2ccccc2S1)N1CCC(Cl)C1. The van der Waals surface area contributed by atoms with Crippen LogP contribution in [-0.2, 0) is 11.2 Å². The molecule has 90 valence electrons. The lowest BCUT2D eigenvalue weighted by molar-refractivity contribution is -0.129. The molecule has 2 heterocycles. The van der Waals surface area contributed by atoms with E-state index < -0.39 is 0 Å². The summed E-state index contributed by atoms with van der Waals surface area (Å²) in [6, 6.07) is 8.28. The summed E-state index contributed by atoms with van der Waals surface area (Å²) in [5.41, 5.74) is 1.30. The number of hydrogen-bond donors (Lipinski definition) is 0. The van der Waals surface area contributed by atoms with Crippen molar-refractivity contribution in [2.24, 2.45) is 0 Å². The van der Waals surface area contributed by atoms with E-state index in [0.29, 0.717) is 6.54 Å². The number of alkyl halides is 1. The summed E-state index contributed by atoms with van der Waals surface area (Å²) in [5, 5.41) is 0.210. The lowest BCUT2D eigenvalue weighted by Crippen LogP contribution is -2.36. The van der Waals surface area contributed by atoms with Crippen molar-refractivity contribution in [2.45, 2.75) is 28.4 Å². The molecule has 2 aliphatic rings. The first-order valence-corrected chi connectivity index (χ1v) is 7.23. The van der Waals surface area contributed by atoms with Crippen molar-refractivity contribution in [1.82, 2.24) is 4.90 Å². The fraction of sp³-hybridized carbons (Fsp3) is 0.462. The molecular formula is C13H14ClNOS. The van der Waals surface area contributed by atoms with Crippen molar-refractivity contribution < 1.29 is 4.79 Å². The Labute approximate surface area is 110 Å². The second-order valence-electron chi connectivity index (χ2n) is 4.59. The zero-order chi connectivity index (χ0) is 11.8. The molecule has 2 atom stereocenters. The Bertz CT molecular complexity index is 426. The average molecular weight is 268 g/mol. The molecular weight excluding hydrogens is 254 g/mol. The number of rotatable bonds is 1. The predicted molar refractivity (Wildman–Crippen MR) is 70.6 cm³/mol. The maximum Gasteiger partial charge on any atom is 0.236 e. The van der Waals surface area contributed by atoms with Crippen LogP contribution >= 0.6 is 23.4 Å². The molecule has 2 nitrogen and oxygen atoms in total. The van der Waals surface area contributed by atoms with E-state index in [1.165, 1.54) is 10.5 Å². The highest BCUT2D eigenvalue weighted by atomic mass is 35.5. The second-order valence-corrected chi connectivity index (χ2v) is 6.45. The second kappa shape index (κ2) is 4.54. The Balaban J connectivity index is 1.70. The number of likely N-dealkylation sites (tertiary alicyclic amines) is 1.